The summed E-state index contributed by atoms with van der Waals surface area (Å²) in [6.07, 6.45) is 18.1. The summed E-state index contributed by atoms with van der Waals surface area (Å²) >= 11 is 7.48. The van der Waals surface area contributed by atoms with Crippen LogP contribution in [0, 0.1) is 0 Å². The van der Waals surface area contributed by atoms with Gasteiger partial charge in [0.05, 0.1) is 41.3 Å². The first-order valence-electron chi connectivity index (χ1n) is 17.4. The summed E-state index contributed by atoms with van der Waals surface area (Å²) in [6.45, 7) is 7.56. The quantitative estimate of drug-likeness (QED) is 0.0626. The predicted octanol–water partition coefficient (Wildman–Crippen LogP) is 13.9. The third kappa shape index (κ3) is 7.18. The summed E-state index contributed by atoms with van der Waals surface area (Å²) in [5.74, 6) is 0.944. The van der Waals surface area contributed by atoms with E-state index in [1.165, 1.54) is 127 Å². The molecule has 0 N–H and O–H groups in total. The second kappa shape index (κ2) is 16.1. The van der Waals surface area contributed by atoms with E-state index >= 15 is 0 Å². The van der Waals surface area contributed by atoms with Gasteiger partial charge < -0.3 is 9.30 Å². The van der Waals surface area contributed by atoms with Gasteiger partial charge in [-0.2, -0.15) is 0 Å². The highest BCUT2D eigenvalue weighted by Gasteiger charge is 2.24. The summed E-state index contributed by atoms with van der Waals surface area (Å²) in [5.41, 5.74) is 6.65. The molecule has 0 atom stereocenters. The van der Waals surface area contributed by atoms with Crippen LogP contribution in [0.1, 0.15) is 119 Å². The highest BCUT2D eigenvalue weighted by atomic mass is 32.1. The lowest BCUT2D eigenvalue weighted by Gasteiger charge is -2.09. The number of benzene rings is 1. The monoisotopic (exact) mass is 689 g/mol. The van der Waals surface area contributed by atoms with Gasteiger partial charge in [-0.25, -0.2) is 0 Å². The number of thiophene rings is 4. The average molecular weight is 690 g/mol. The fourth-order valence-corrected chi connectivity index (χ4v) is 11.6. The van der Waals surface area contributed by atoms with Crippen LogP contribution in [0.15, 0.2) is 41.8 Å². The molecule has 0 fully saturated rings. The number of hydrogen-bond acceptors (Lipinski definition) is 6. The van der Waals surface area contributed by atoms with Crippen molar-refractivity contribution in [2.45, 2.75) is 111 Å². The zero-order valence-corrected chi connectivity index (χ0v) is 30.9. The van der Waals surface area contributed by atoms with Crippen LogP contribution in [0.4, 0.5) is 0 Å². The van der Waals surface area contributed by atoms with E-state index in [2.05, 4.69) is 67.1 Å². The molecular formula is C39H47NO2S4. The fraction of sp³-hybridized carbons (Fsp3) is 0.462. The normalized spacial score (nSPS) is 11.9. The molecule has 6 rings (SSSR count). The van der Waals surface area contributed by atoms with Gasteiger partial charge in [0.15, 0.2) is 6.29 Å². The van der Waals surface area contributed by atoms with Crippen molar-refractivity contribution < 1.29 is 9.53 Å². The number of aldehydes is 1. The van der Waals surface area contributed by atoms with Crippen LogP contribution < -0.4 is 4.74 Å². The first-order chi connectivity index (χ1) is 22.7. The molecule has 0 aliphatic carbocycles. The van der Waals surface area contributed by atoms with E-state index in [4.69, 9.17) is 4.74 Å². The number of aromatic nitrogens is 1. The van der Waals surface area contributed by atoms with Gasteiger partial charge in [-0.3, -0.25) is 4.79 Å². The van der Waals surface area contributed by atoms with Gasteiger partial charge in [-0.15, -0.1) is 45.3 Å². The average Bonchev–Trinajstić information content (AvgIpc) is 3.88. The van der Waals surface area contributed by atoms with Crippen LogP contribution >= 0.6 is 45.3 Å². The number of carbonyl (C=O) groups is 1. The topological polar surface area (TPSA) is 31.2 Å². The van der Waals surface area contributed by atoms with Crippen LogP contribution in [-0.4, -0.2) is 17.5 Å². The molecular weight excluding hydrogens is 643 g/mol. The van der Waals surface area contributed by atoms with Gasteiger partial charge in [-0.1, -0.05) is 78.6 Å². The molecule has 5 aromatic heterocycles. The van der Waals surface area contributed by atoms with Crippen LogP contribution in [0.2, 0.25) is 0 Å². The lowest BCUT2D eigenvalue weighted by molar-refractivity contribution is 0.112. The molecule has 0 aliphatic heterocycles. The number of aryl methyl sites for hydroxylation is 2. The maximum atomic E-state index is 11.9. The second-order valence-corrected chi connectivity index (χ2v) is 16.5. The maximum Gasteiger partial charge on any atom is 0.160 e. The van der Waals surface area contributed by atoms with Crippen molar-refractivity contribution in [2.75, 3.05) is 6.61 Å². The molecule has 1 aromatic carbocycles. The number of unbranched alkanes of at least 4 members (excludes halogenated alkanes) is 9. The molecule has 5 heterocycles. The zero-order chi connectivity index (χ0) is 31.9. The second-order valence-electron chi connectivity index (χ2n) is 12.5. The van der Waals surface area contributed by atoms with Gasteiger partial charge in [-0.05, 0) is 85.0 Å². The Bertz CT molecular complexity index is 1860. The minimum atomic E-state index is 0.775. The SMILES string of the molecule is CCCCCCOc1ccc(-n2c3cc(-c4sc(C=O)cc4CCCCCC)sc3c3sc4c(CCCCCC)csc4c32)cc1. The molecule has 0 radical (unpaired) electrons. The van der Waals surface area contributed by atoms with Gasteiger partial charge in [0.25, 0.3) is 0 Å². The molecule has 46 heavy (non-hydrogen) atoms. The molecule has 0 spiro atoms. The summed E-state index contributed by atoms with van der Waals surface area (Å²) in [4.78, 5) is 15.3. The van der Waals surface area contributed by atoms with E-state index in [1.807, 2.05) is 34.0 Å². The molecule has 0 saturated heterocycles. The number of rotatable bonds is 19. The number of fused-ring (bicyclic) bond motifs is 5. The lowest BCUT2D eigenvalue weighted by atomic mass is 10.1. The van der Waals surface area contributed by atoms with Crippen molar-refractivity contribution >= 4 is 81.5 Å². The molecule has 0 amide bonds. The Morgan fingerprint density at radius 2 is 1.39 bits per heavy atom. The van der Waals surface area contributed by atoms with E-state index in [9.17, 15) is 4.79 Å². The Morgan fingerprint density at radius 3 is 2.09 bits per heavy atom. The Hall–Kier alpha value is -2.45. The molecule has 0 bridgehead atoms. The highest BCUT2D eigenvalue weighted by Crippen LogP contribution is 2.51. The number of ether oxygens (including phenoxy) is 1. The van der Waals surface area contributed by atoms with Gasteiger partial charge in [0, 0.05) is 15.4 Å². The van der Waals surface area contributed by atoms with E-state index in [0.717, 1.165) is 42.8 Å². The smallest absolute Gasteiger partial charge is 0.160 e. The molecule has 0 unspecified atom stereocenters. The highest BCUT2D eigenvalue weighted by molar-refractivity contribution is 7.36. The molecule has 6 aromatic rings. The van der Waals surface area contributed by atoms with Crippen molar-refractivity contribution in [2.24, 2.45) is 0 Å². The van der Waals surface area contributed by atoms with Crippen molar-refractivity contribution in [1.29, 1.82) is 0 Å². The minimum absolute atomic E-state index is 0.775. The Balaban J connectivity index is 1.41. The number of hydrogen-bond donors (Lipinski definition) is 0. The fourth-order valence-electron chi connectivity index (χ4n) is 6.45. The molecule has 244 valence electrons. The van der Waals surface area contributed by atoms with E-state index < -0.39 is 0 Å². The van der Waals surface area contributed by atoms with Gasteiger partial charge >= 0.3 is 0 Å². The molecule has 7 heteroatoms. The summed E-state index contributed by atoms with van der Waals surface area (Å²) < 4.78 is 14.3. The Labute approximate surface area is 290 Å². The largest absolute Gasteiger partial charge is 0.494 e. The Morgan fingerprint density at radius 1 is 0.696 bits per heavy atom. The van der Waals surface area contributed by atoms with Gasteiger partial charge in [0.2, 0.25) is 0 Å². The first-order valence-corrected chi connectivity index (χ1v) is 20.8. The first kappa shape index (κ1) is 33.5. The summed E-state index contributed by atoms with van der Waals surface area (Å²) in [7, 11) is 0. The molecule has 0 aliphatic rings. The standard InChI is InChI=1S/C39H47NO2S4/c1-4-7-10-13-16-27-23-31(25-41)44-35(27)33-24-32-37(45-33)39-34(38-36(46-39)28(26-43-38)17-14-11-8-5-2)40(32)29-18-20-30(21-19-29)42-22-15-12-9-6-3/h18-21,23-26H,4-17,22H2,1-3H3. The maximum absolute atomic E-state index is 11.9. The third-order valence-corrected chi connectivity index (χ3v) is 14.0. The Kier molecular flexibility index (Phi) is 11.7. The number of carbonyl (C=O) groups excluding carboxylic acids is 1. The van der Waals surface area contributed by atoms with Crippen molar-refractivity contribution in [3.8, 4) is 21.2 Å². The van der Waals surface area contributed by atoms with E-state index in [1.54, 1.807) is 11.3 Å². The van der Waals surface area contributed by atoms with Crippen LogP contribution in [0.5, 0.6) is 5.75 Å². The summed E-state index contributed by atoms with van der Waals surface area (Å²) in [6, 6.07) is 13.3. The zero-order valence-electron chi connectivity index (χ0n) is 27.6. The van der Waals surface area contributed by atoms with Gasteiger partial charge in [0.1, 0.15) is 5.75 Å². The minimum Gasteiger partial charge on any atom is -0.494 e. The van der Waals surface area contributed by atoms with E-state index in [-0.39, 0.29) is 0 Å². The predicted molar refractivity (Wildman–Crippen MR) is 206 cm³/mol. The molecule has 3 nitrogen and oxygen atoms in total. The molecule has 0 saturated carbocycles. The van der Waals surface area contributed by atoms with Crippen molar-refractivity contribution in [3.63, 3.8) is 0 Å². The van der Waals surface area contributed by atoms with Crippen LogP contribution in [-0.2, 0) is 12.8 Å². The summed E-state index contributed by atoms with van der Waals surface area (Å²) in [5, 5.41) is 2.41. The lowest BCUT2D eigenvalue weighted by Crippen LogP contribution is -1.98. The number of nitrogens with zero attached hydrogens (tertiary/aromatic N) is 1. The van der Waals surface area contributed by atoms with Crippen LogP contribution in [0.3, 0.4) is 0 Å². The van der Waals surface area contributed by atoms with E-state index in [0.29, 0.717) is 0 Å². The van der Waals surface area contributed by atoms with Crippen molar-refractivity contribution in [1.82, 2.24) is 4.57 Å². The van der Waals surface area contributed by atoms with Crippen LogP contribution in [0.25, 0.3) is 45.3 Å². The third-order valence-electron chi connectivity index (χ3n) is 8.96. The van der Waals surface area contributed by atoms with Crippen molar-refractivity contribution in [3.05, 3.63) is 57.8 Å².